The molecule has 0 bridgehead atoms. The highest BCUT2D eigenvalue weighted by Gasteiger charge is 2.27. The highest BCUT2D eigenvalue weighted by molar-refractivity contribution is 7.13. The Balaban J connectivity index is 0.00000297. The second kappa shape index (κ2) is 17.6. The summed E-state index contributed by atoms with van der Waals surface area (Å²) < 4.78 is 16.5. The molecule has 1 aliphatic heterocycles. The summed E-state index contributed by atoms with van der Waals surface area (Å²) in [5.41, 5.74) is 2.70. The number of methoxy groups -OCH3 is 1. The summed E-state index contributed by atoms with van der Waals surface area (Å²) in [7, 11) is 2.21. The summed E-state index contributed by atoms with van der Waals surface area (Å²) in [5, 5.41) is 17.2. The number of esters is 1. The van der Waals surface area contributed by atoms with Crippen molar-refractivity contribution in [1.29, 1.82) is 0 Å². The third kappa shape index (κ3) is 9.38. The number of benzene rings is 2. The van der Waals surface area contributed by atoms with Crippen LogP contribution in [0.1, 0.15) is 86.9 Å². The molecule has 0 atom stereocenters. The Morgan fingerprint density at radius 2 is 1.75 bits per heavy atom. The van der Waals surface area contributed by atoms with Crippen LogP contribution in [0.5, 0.6) is 5.75 Å². The Hall–Kier alpha value is -5.60. The van der Waals surface area contributed by atoms with Gasteiger partial charge in [0.1, 0.15) is 17.0 Å². The first-order chi connectivity index (χ1) is 24.9. The van der Waals surface area contributed by atoms with Gasteiger partial charge in [0, 0.05) is 59.3 Å². The van der Waals surface area contributed by atoms with Crippen LogP contribution in [0.15, 0.2) is 53.9 Å². The van der Waals surface area contributed by atoms with Crippen LogP contribution in [0, 0.1) is 0 Å². The molecular formula is C38H42N4O9S. The number of aldehydes is 1. The zero-order valence-corrected chi connectivity index (χ0v) is 30.7. The fourth-order valence-corrected chi connectivity index (χ4v) is 6.30. The Bertz CT molecular complexity index is 1970. The van der Waals surface area contributed by atoms with Crippen LogP contribution in [0.4, 0.5) is 10.5 Å². The number of ether oxygens (including phenoxy) is 3. The number of carbonyl (C=O) groups excluding carboxylic acids is 5. The lowest BCUT2D eigenvalue weighted by Crippen LogP contribution is -2.32. The third-order valence-corrected chi connectivity index (χ3v) is 8.63. The van der Waals surface area contributed by atoms with Gasteiger partial charge >= 0.3 is 12.1 Å². The average Bonchev–Trinajstić information content (AvgIpc) is 3.53. The second-order valence-corrected chi connectivity index (χ2v) is 13.4. The predicted octanol–water partition coefficient (Wildman–Crippen LogP) is 6.04. The quantitative estimate of drug-likeness (QED) is 0.111. The fraction of sp³-hybridized carbons (Fsp3) is 0.316. The number of nitrogens with zero attached hydrogens (tertiary/aromatic N) is 1. The molecule has 0 fully saturated rings. The predicted molar refractivity (Wildman–Crippen MR) is 197 cm³/mol. The van der Waals surface area contributed by atoms with Crippen LogP contribution in [0.3, 0.4) is 0 Å². The van der Waals surface area contributed by atoms with Gasteiger partial charge in [-0.05, 0) is 86.2 Å². The Kier molecular flexibility index (Phi) is 13.2. The summed E-state index contributed by atoms with van der Waals surface area (Å²) >= 11 is 1.52. The number of nitrogens with one attached hydrogen (secondary N) is 3. The lowest BCUT2D eigenvalue weighted by molar-refractivity contribution is 0.0521. The van der Waals surface area contributed by atoms with Gasteiger partial charge in [0.15, 0.2) is 12.0 Å². The molecule has 0 saturated carbocycles. The topological polar surface area (TPSA) is 182 Å². The van der Waals surface area contributed by atoms with Crippen LogP contribution in [-0.2, 0) is 22.4 Å². The minimum absolute atomic E-state index is 0.0136. The molecule has 5 rings (SSSR count). The van der Waals surface area contributed by atoms with Crippen molar-refractivity contribution in [2.75, 3.05) is 32.7 Å². The molecule has 14 heteroatoms. The van der Waals surface area contributed by atoms with E-state index in [1.807, 2.05) is 18.4 Å². The number of alkyl carbamates (subject to hydrolysis) is 1. The number of fused-ring (bicyclic) bond motifs is 3. The molecule has 3 amide bonds. The summed E-state index contributed by atoms with van der Waals surface area (Å²) in [5.74, 6) is -1.32. The molecule has 0 saturated heterocycles. The van der Waals surface area contributed by atoms with E-state index in [9.17, 15) is 24.0 Å². The third-order valence-electron chi connectivity index (χ3n) is 7.64. The molecule has 0 aliphatic carbocycles. The molecule has 0 unspecified atom stereocenters. The van der Waals surface area contributed by atoms with Crippen molar-refractivity contribution in [1.82, 2.24) is 15.6 Å². The molecule has 3 heterocycles. The van der Waals surface area contributed by atoms with Gasteiger partial charge in [-0.1, -0.05) is 13.0 Å². The fourth-order valence-electron chi connectivity index (χ4n) is 5.32. The van der Waals surface area contributed by atoms with E-state index in [0.717, 1.165) is 17.6 Å². The van der Waals surface area contributed by atoms with Crippen molar-refractivity contribution in [3.63, 3.8) is 0 Å². The van der Waals surface area contributed by atoms with Crippen molar-refractivity contribution in [2.45, 2.75) is 52.7 Å². The first-order valence-corrected chi connectivity index (χ1v) is 17.4. The van der Waals surface area contributed by atoms with Crippen LogP contribution < -0.4 is 20.7 Å². The molecule has 4 aromatic rings. The van der Waals surface area contributed by atoms with E-state index in [2.05, 4.69) is 20.9 Å². The average molecular weight is 731 g/mol. The summed E-state index contributed by atoms with van der Waals surface area (Å²) in [6, 6.07) is 13.2. The minimum atomic E-state index is -0.799. The van der Waals surface area contributed by atoms with E-state index in [-0.39, 0.29) is 40.3 Å². The van der Waals surface area contributed by atoms with E-state index in [1.165, 1.54) is 24.5 Å². The number of aromatic nitrogens is 1. The lowest BCUT2D eigenvalue weighted by atomic mass is 9.93. The van der Waals surface area contributed by atoms with Crippen molar-refractivity contribution in [2.24, 2.45) is 0 Å². The van der Waals surface area contributed by atoms with Crippen molar-refractivity contribution >= 4 is 47.2 Å². The number of aliphatic hydroxyl groups is 1. The number of hydrogen-bond donors (Lipinski definition) is 4. The molecule has 2 aromatic heterocycles. The van der Waals surface area contributed by atoms with Crippen LogP contribution in [0.2, 0.25) is 0 Å². The van der Waals surface area contributed by atoms with Crippen LogP contribution in [-0.4, -0.2) is 73.2 Å². The van der Waals surface area contributed by atoms with Crippen molar-refractivity contribution < 1.29 is 43.3 Å². The maximum Gasteiger partial charge on any atom is 0.407 e. The Labute approximate surface area is 305 Å². The number of thiophene rings is 1. The molecule has 0 spiro atoms. The van der Waals surface area contributed by atoms with Gasteiger partial charge < -0.3 is 35.3 Å². The number of carbonyl (C=O) groups is 5. The number of rotatable bonds is 10. The molecule has 13 nitrogen and oxygen atoms in total. The second-order valence-electron chi connectivity index (χ2n) is 12.5. The van der Waals surface area contributed by atoms with Gasteiger partial charge in [-0.15, -0.1) is 11.3 Å². The normalized spacial score (nSPS) is 11.6. The minimum Gasteiger partial charge on any atom is -0.493 e. The summed E-state index contributed by atoms with van der Waals surface area (Å²) in [6.45, 7) is 8.11. The molecule has 52 heavy (non-hydrogen) atoms. The molecule has 0 radical (unpaired) electrons. The zero-order valence-electron chi connectivity index (χ0n) is 29.9. The monoisotopic (exact) mass is 730 g/mol. The SMILES string of the molecule is CCCNC(=O)c1ccc(-c2cc3c(cc2C(=O)Nc2ccc(CNC(=O)OC(C)(C)C)cc2C=O)-c2sccc2CCO3)c(C(=O)OC)n1.CO. The van der Waals surface area contributed by atoms with Crippen molar-refractivity contribution in [3.05, 3.63) is 87.6 Å². The first-order valence-electron chi connectivity index (χ1n) is 16.5. The zero-order chi connectivity index (χ0) is 38.0. The highest BCUT2D eigenvalue weighted by Crippen LogP contribution is 2.43. The van der Waals surface area contributed by atoms with Crippen LogP contribution >= 0.6 is 11.3 Å². The van der Waals surface area contributed by atoms with Crippen LogP contribution in [0.25, 0.3) is 21.6 Å². The number of aliphatic hydroxyl groups excluding tert-OH is 1. The maximum atomic E-state index is 14.2. The first kappa shape index (κ1) is 39.2. The summed E-state index contributed by atoms with van der Waals surface area (Å²) in [4.78, 5) is 69.7. The van der Waals surface area contributed by atoms with Gasteiger partial charge in [-0.25, -0.2) is 14.6 Å². The molecular weight excluding hydrogens is 689 g/mol. The van der Waals surface area contributed by atoms with Crippen molar-refractivity contribution in [3.8, 4) is 27.3 Å². The molecule has 4 N–H and O–H groups in total. The van der Waals surface area contributed by atoms with E-state index < -0.39 is 29.5 Å². The van der Waals surface area contributed by atoms with E-state index in [1.54, 1.807) is 57.2 Å². The number of amides is 3. The van der Waals surface area contributed by atoms with E-state index in [4.69, 9.17) is 19.3 Å². The van der Waals surface area contributed by atoms with E-state index in [0.29, 0.717) is 54.7 Å². The number of pyridine rings is 1. The smallest absolute Gasteiger partial charge is 0.407 e. The van der Waals surface area contributed by atoms with E-state index >= 15 is 0 Å². The van der Waals surface area contributed by atoms with Gasteiger partial charge in [-0.2, -0.15) is 0 Å². The summed E-state index contributed by atoms with van der Waals surface area (Å²) in [6.07, 6.45) is 1.38. The lowest BCUT2D eigenvalue weighted by Gasteiger charge is -2.20. The van der Waals surface area contributed by atoms with Gasteiger partial charge in [-0.3, -0.25) is 14.4 Å². The largest absolute Gasteiger partial charge is 0.493 e. The maximum absolute atomic E-state index is 14.2. The molecule has 1 aliphatic rings. The van der Waals surface area contributed by atoms with Gasteiger partial charge in [0.05, 0.1) is 19.4 Å². The Morgan fingerprint density at radius 1 is 0.981 bits per heavy atom. The highest BCUT2D eigenvalue weighted by atomic mass is 32.1. The molecule has 274 valence electrons. The molecule has 2 aromatic carbocycles. The Morgan fingerprint density at radius 3 is 2.44 bits per heavy atom. The standard InChI is InChI=1S/C37H38N4O8S.CH4O/c1-6-13-38-34(44)29-10-8-24(31(40-29)35(45)47-5)25-18-30-27(32-22(11-14-48-30)12-15-50-32)17-26(25)33(43)41-28-9-7-21(16-23(28)20-42)19-39-36(46)49-37(2,3)4;1-2/h7-10,12,15-18,20H,6,11,13-14,19H2,1-5H3,(H,38,44)(H,39,46)(H,41,43);2H,1H3. The van der Waals surface area contributed by atoms with Gasteiger partial charge in [0.25, 0.3) is 11.8 Å². The number of anilines is 1. The van der Waals surface area contributed by atoms with Gasteiger partial charge in [0.2, 0.25) is 0 Å². The number of hydrogen-bond acceptors (Lipinski definition) is 11.